The predicted octanol–water partition coefficient (Wildman–Crippen LogP) is 0.791. The van der Waals surface area contributed by atoms with E-state index in [-0.39, 0.29) is 11.8 Å². The highest BCUT2D eigenvalue weighted by Gasteiger charge is 2.25. The maximum atomic E-state index is 11.9. The van der Waals surface area contributed by atoms with Crippen LogP contribution in [0.1, 0.15) is 31.4 Å². The average molecular weight is 236 g/mol. The molecule has 0 atom stereocenters. The number of nitrogens with zero attached hydrogens (tertiary/aromatic N) is 1. The molecule has 1 aromatic heterocycles. The molecule has 0 saturated heterocycles. The quantitative estimate of drug-likeness (QED) is 0.722. The first-order chi connectivity index (χ1) is 8.29. The van der Waals surface area contributed by atoms with Crippen molar-refractivity contribution in [2.24, 2.45) is 17.6 Å². The van der Waals surface area contributed by atoms with E-state index in [4.69, 9.17) is 5.73 Å². The van der Waals surface area contributed by atoms with E-state index in [0.717, 1.165) is 37.9 Å². The Hall–Kier alpha value is -1.36. The minimum atomic E-state index is 0.162. The van der Waals surface area contributed by atoms with Crippen LogP contribution in [0.5, 0.6) is 0 Å². The highest BCUT2D eigenvalue weighted by atomic mass is 16.1. The molecular formula is C12H20N4O. The van der Waals surface area contributed by atoms with E-state index in [9.17, 15) is 4.79 Å². The Bertz CT molecular complexity index is 341. The molecule has 2 rings (SSSR count). The summed E-state index contributed by atoms with van der Waals surface area (Å²) in [5.74, 6) is 0.947. The summed E-state index contributed by atoms with van der Waals surface area (Å²) >= 11 is 0. The molecule has 0 aromatic carbocycles. The van der Waals surface area contributed by atoms with Crippen LogP contribution in [0.2, 0.25) is 0 Å². The molecule has 1 amide bonds. The lowest BCUT2D eigenvalue weighted by Crippen LogP contribution is -2.34. The van der Waals surface area contributed by atoms with Gasteiger partial charge >= 0.3 is 0 Å². The number of amides is 1. The van der Waals surface area contributed by atoms with E-state index >= 15 is 0 Å². The Morgan fingerprint density at radius 1 is 1.47 bits per heavy atom. The number of H-pyrrole nitrogens is 1. The maximum absolute atomic E-state index is 11.9. The molecule has 1 aromatic rings. The summed E-state index contributed by atoms with van der Waals surface area (Å²) < 4.78 is 0. The predicted molar refractivity (Wildman–Crippen MR) is 64.9 cm³/mol. The third-order valence-corrected chi connectivity index (χ3v) is 3.56. The van der Waals surface area contributed by atoms with Crippen molar-refractivity contribution in [3.05, 3.63) is 18.2 Å². The van der Waals surface area contributed by atoms with Gasteiger partial charge < -0.3 is 16.0 Å². The van der Waals surface area contributed by atoms with Crippen LogP contribution in [0.15, 0.2) is 12.5 Å². The van der Waals surface area contributed by atoms with E-state index in [1.165, 1.54) is 0 Å². The van der Waals surface area contributed by atoms with Crippen LogP contribution in [0.4, 0.5) is 0 Å². The SMILES string of the molecule is NCC1CCC(C(=O)NCc2cnc[nH]2)CC1. The van der Waals surface area contributed by atoms with Gasteiger partial charge in [-0.2, -0.15) is 0 Å². The summed E-state index contributed by atoms with van der Waals surface area (Å²) in [6.45, 7) is 1.29. The first kappa shape index (κ1) is 12.1. The summed E-state index contributed by atoms with van der Waals surface area (Å²) in [6.07, 6.45) is 7.45. The van der Waals surface area contributed by atoms with Gasteiger partial charge in [-0.25, -0.2) is 4.98 Å². The van der Waals surface area contributed by atoms with Gasteiger partial charge in [0, 0.05) is 12.1 Å². The maximum Gasteiger partial charge on any atom is 0.223 e. The van der Waals surface area contributed by atoms with Gasteiger partial charge in [-0.05, 0) is 38.1 Å². The molecule has 5 heteroatoms. The number of hydrogen-bond donors (Lipinski definition) is 3. The largest absolute Gasteiger partial charge is 0.350 e. The highest BCUT2D eigenvalue weighted by Crippen LogP contribution is 2.28. The Kier molecular flexibility index (Phi) is 4.14. The number of aromatic nitrogens is 2. The Labute approximate surface area is 101 Å². The minimum absolute atomic E-state index is 0.162. The third kappa shape index (κ3) is 3.30. The second kappa shape index (κ2) is 5.82. The molecule has 1 aliphatic carbocycles. The fraction of sp³-hybridized carbons (Fsp3) is 0.667. The van der Waals surface area contributed by atoms with Crippen molar-refractivity contribution < 1.29 is 4.79 Å². The average Bonchev–Trinajstić information content (AvgIpc) is 2.89. The van der Waals surface area contributed by atoms with Crippen molar-refractivity contribution in [1.82, 2.24) is 15.3 Å². The fourth-order valence-electron chi connectivity index (χ4n) is 2.37. The molecule has 4 N–H and O–H groups in total. The van der Waals surface area contributed by atoms with Crippen molar-refractivity contribution in [3.8, 4) is 0 Å². The number of nitrogens with two attached hydrogens (primary N) is 1. The molecule has 0 unspecified atom stereocenters. The van der Waals surface area contributed by atoms with Crippen LogP contribution in [0.3, 0.4) is 0 Å². The van der Waals surface area contributed by atoms with Crippen LogP contribution in [0.25, 0.3) is 0 Å². The fourth-order valence-corrected chi connectivity index (χ4v) is 2.37. The summed E-state index contributed by atoms with van der Waals surface area (Å²) in [5, 5.41) is 2.95. The zero-order chi connectivity index (χ0) is 12.1. The van der Waals surface area contributed by atoms with Gasteiger partial charge in [-0.1, -0.05) is 0 Å². The molecule has 17 heavy (non-hydrogen) atoms. The molecular weight excluding hydrogens is 216 g/mol. The van der Waals surface area contributed by atoms with Gasteiger partial charge in [0.1, 0.15) is 0 Å². The Balaban J connectivity index is 1.73. The molecule has 5 nitrogen and oxygen atoms in total. The number of hydrogen-bond acceptors (Lipinski definition) is 3. The van der Waals surface area contributed by atoms with Crippen molar-refractivity contribution in [1.29, 1.82) is 0 Å². The number of imidazole rings is 1. The van der Waals surface area contributed by atoms with E-state index in [1.54, 1.807) is 12.5 Å². The topological polar surface area (TPSA) is 83.8 Å². The smallest absolute Gasteiger partial charge is 0.223 e. The molecule has 0 spiro atoms. The molecule has 1 saturated carbocycles. The highest BCUT2D eigenvalue weighted by molar-refractivity contribution is 5.78. The van der Waals surface area contributed by atoms with Gasteiger partial charge in [0.15, 0.2) is 0 Å². The normalized spacial score (nSPS) is 24.5. The third-order valence-electron chi connectivity index (χ3n) is 3.56. The van der Waals surface area contributed by atoms with Gasteiger partial charge in [0.05, 0.1) is 18.6 Å². The summed E-state index contributed by atoms with van der Waals surface area (Å²) in [7, 11) is 0. The first-order valence-corrected chi connectivity index (χ1v) is 6.24. The van der Waals surface area contributed by atoms with Crippen LogP contribution < -0.4 is 11.1 Å². The van der Waals surface area contributed by atoms with Crippen LogP contribution in [-0.2, 0) is 11.3 Å². The molecule has 0 aliphatic heterocycles. The van der Waals surface area contributed by atoms with E-state index in [2.05, 4.69) is 15.3 Å². The number of carbonyl (C=O) groups excluding carboxylic acids is 1. The zero-order valence-corrected chi connectivity index (χ0v) is 9.98. The van der Waals surface area contributed by atoms with Gasteiger partial charge in [-0.3, -0.25) is 4.79 Å². The van der Waals surface area contributed by atoms with Gasteiger partial charge in [-0.15, -0.1) is 0 Å². The molecule has 1 aliphatic rings. The van der Waals surface area contributed by atoms with Crippen molar-refractivity contribution in [2.75, 3.05) is 6.54 Å². The summed E-state index contributed by atoms with van der Waals surface area (Å²) in [4.78, 5) is 18.8. The summed E-state index contributed by atoms with van der Waals surface area (Å²) in [6, 6.07) is 0. The standard InChI is InChI=1S/C12H20N4O/c13-5-9-1-3-10(4-2-9)12(17)15-7-11-6-14-8-16-11/h6,8-10H,1-5,7,13H2,(H,14,16)(H,15,17). The second-order valence-electron chi connectivity index (χ2n) is 4.75. The Morgan fingerprint density at radius 3 is 2.82 bits per heavy atom. The number of nitrogens with one attached hydrogen (secondary N) is 2. The van der Waals surface area contributed by atoms with E-state index in [1.807, 2.05) is 0 Å². The van der Waals surface area contributed by atoms with Crippen molar-refractivity contribution in [3.63, 3.8) is 0 Å². The number of rotatable bonds is 4. The molecule has 0 bridgehead atoms. The molecule has 1 fully saturated rings. The molecule has 1 heterocycles. The van der Waals surface area contributed by atoms with Crippen LogP contribution >= 0.6 is 0 Å². The van der Waals surface area contributed by atoms with Gasteiger partial charge in [0.2, 0.25) is 5.91 Å². The number of aromatic amines is 1. The van der Waals surface area contributed by atoms with E-state index in [0.29, 0.717) is 12.5 Å². The van der Waals surface area contributed by atoms with Gasteiger partial charge in [0.25, 0.3) is 0 Å². The minimum Gasteiger partial charge on any atom is -0.350 e. The van der Waals surface area contributed by atoms with Crippen LogP contribution in [0, 0.1) is 11.8 Å². The van der Waals surface area contributed by atoms with Crippen LogP contribution in [-0.4, -0.2) is 22.4 Å². The second-order valence-corrected chi connectivity index (χ2v) is 4.75. The number of carbonyl (C=O) groups is 1. The van der Waals surface area contributed by atoms with Crippen molar-refractivity contribution in [2.45, 2.75) is 32.2 Å². The molecule has 94 valence electrons. The Morgan fingerprint density at radius 2 is 2.24 bits per heavy atom. The lowest BCUT2D eigenvalue weighted by molar-refractivity contribution is -0.126. The molecule has 0 radical (unpaired) electrons. The lowest BCUT2D eigenvalue weighted by Gasteiger charge is -2.26. The van der Waals surface area contributed by atoms with E-state index < -0.39 is 0 Å². The van der Waals surface area contributed by atoms with Crippen molar-refractivity contribution >= 4 is 5.91 Å². The zero-order valence-electron chi connectivity index (χ0n) is 9.98. The lowest BCUT2D eigenvalue weighted by atomic mass is 9.81. The first-order valence-electron chi connectivity index (χ1n) is 6.24. The summed E-state index contributed by atoms with van der Waals surface area (Å²) in [5.41, 5.74) is 6.57. The monoisotopic (exact) mass is 236 g/mol.